The van der Waals surface area contributed by atoms with Gasteiger partial charge in [0.1, 0.15) is 10.6 Å². The molecule has 0 bridgehead atoms. The normalized spacial score (nSPS) is 15.8. The number of carbonyl (C=O) groups is 1. The molecule has 0 radical (unpaired) electrons. The zero-order chi connectivity index (χ0) is 28.4. The zero-order valence-corrected chi connectivity index (χ0v) is 23.7. The summed E-state index contributed by atoms with van der Waals surface area (Å²) in [6.07, 6.45) is 5.48. The highest BCUT2D eigenvalue weighted by Crippen LogP contribution is 2.40. The second-order valence-electron chi connectivity index (χ2n) is 10.8. The molecule has 4 rings (SSSR count). The molecule has 1 unspecified atom stereocenters. The molecule has 39 heavy (non-hydrogen) atoms. The van der Waals surface area contributed by atoms with Crippen LogP contribution < -0.4 is 9.46 Å². The van der Waals surface area contributed by atoms with Crippen molar-refractivity contribution in [2.24, 2.45) is 11.3 Å². The van der Waals surface area contributed by atoms with E-state index in [1.54, 1.807) is 6.07 Å². The van der Waals surface area contributed by atoms with Crippen molar-refractivity contribution in [3.8, 4) is 16.9 Å². The van der Waals surface area contributed by atoms with E-state index in [2.05, 4.69) is 36.3 Å². The zero-order valence-electron chi connectivity index (χ0n) is 22.9. The van der Waals surface area contributed by atoms with E-state index in [1.165, 1.54) is 50.1 Å². The van der Waals surface area contributed by atoms with Gasteiger partial charge in [0.15, 0.2) is 5.82 Å². The number of nitrogens with one attached hydrogen (secondary N) is 1. The molecule has 0 aliphatic heterocycles. The Morgan fingerprint density at radius 3 is 2.28 bits per heavy atom. The van der Waals surface area contributed by atoms with Crippen molar-refractivity contribution < 1.29 is 27.1 Å². The quantitative estimate of drug-likeness (QED) is 0.311. The Hall–Kier alpha value is -3.65. The summed E-state index contributed by atoms with van der Waals surface area (Å²) in [5, 5.41) is 0. The van der Waals surface area contributed by atoms with Gasteiger partial charge >= 0.3 is 5.97 Å². The van der Waals surface area contributed by atoms with Crippen LogP contribution in [0.15, 0.2) is 71.6 Å². The molecular weight excluding hydrogens is 517 g/mol. The average molecular weight is 552 g/mol. The maximum absolute atomic E-state index is 15.6. The van der Waals surface area contributed by atoms with Gasteiger partial charge in [0, 0.05) is 5.56 Å². The highest BCUT2D eigenvalue weighted by atomic mass is 32.2. The van der Waals surface area contributed by atoms with E-state index in [-0.39, 0.29) is 28.0 Å². The summed E-state index contributed by atoms with van der Waals surface area (Å²) in [6, 6.07) is 16.0. The Balaban J connectivity index is 1.58. The molecule has 1 atom stereocenters. The van der Waals surface area contributed by atoms with E-state index in [4.69, 9.17) is 4.74 Å². The van der Waals surface area contributed by atoms with Gasteiger partial charge in [-0.3, -0.25) is 4.72 Å². The third kappa shape index (κ3) is 6.17. The van der Waals surface area contributed by atoms with Gasteiger partial charge in [0.2, 0.25) is 0 Å². The van der Waals surface area contributed by atoms with Gasteiger partial charge in [-0.25, -0.2) is 17.6 Å². The second kappa shape index (κ2) is 11.2. The van der Waals surface area contributed by atoms with Crippen LogP contribution in [-0.2, 0) is 14.8 Å². The fourth-order valence-corrected chi connectivity index (χ4v) is 6.08. The third-order valence-corrected chi connectivity index (χ3v) is 8.71. The van der Waals surface area contributed by atoms with Gasteiger partial charge in [-0.05, 0) is 71.6 Å². The molecule has 1 aliphatic carbocycles. The van der Waals surface area contributed by atoms with Gasteiger partial charge in [-0.2, -0.15) is 0 Å². The van der Waals surface area contributed by atoms with Crippen molar-refractivity contribution >= 4 is 27.3 Å². The Kier molecular flexibility index (Phi) is 8.16. The van der Waals surface area contributed by atoms with Crippen LogP contribution in [0.4, 0.5) is 10.1 Å². The number of rotatable bonds is 7. The fraction of sp³-hybridized carbons (Fsp3) is 0.323. The summed E-state index contributed by atoms with van der Waals surface area (Å²) >= 11 is 0. The van der Waals surface area contributed by atoms with Crippen LogP contribution >= 0.6 is 0 Å². The van der Waals surface area contributed by atoms with Gasteiger partial charge in [0.05, 0.1) is 25.5 Å². The number of benzene rings is 3. The molecule has 0 spiro atoms. The monoisotopic (exact) mass is 551 g/mol. The Morgan fingerprint density at radius 2 is 1.69 bits per heavy atom. The van der Waals surface area contributed by atoms with E-state index < -0.39 is 26.7 Å². The summed E-state index contributed by atoms with van der Waals surface area (Å²) in [5.74, 6) is -0.702. The Morgan fingerprint density at radius 1 is 1.00 bits per heavy atom. The van der Waals surface area contributed by atoms with E-state index >= 15 is 4.39 Å². The van der Waals surface area contributed by atoms with Gasteiger partial charge in [-0.15, -0.1) is 0 Å². The van der Waals surface area contributed by atoms with Crippen molar-refractivity contribution in [3.63, 3.8) is 0 Å². The maximum Gasteiger partial charge on any atom is 0.337 e. The molecule has 8 heteroatoms. The summed E-state index contributed by atoms with van der Waals surface area (Å²) in [7, 11) is -1.74. The predicted molar refractivity (Wildman–Crippen MR) is 152 cm³/mol. The molecular formula is C31H34FNO5S. The lowest BCUT2D eigenvalue weighted by molar-refractivity contribution is 0.0600. The van der Waals surface area contributed by atoms with Crippen molar-refractivity contribution in [2.45, 2.75) is 44.9 Å². The summed E-state index contributed by atoms with van der Waals surface area (Å²) in [4.78, 5) is 11.3. The SMILES string of the molecule is COC(=O)c1ccc(NS(=O)(=O)c2cccc(-c3ccc(C4=CCC(C(C)(C)C)CC4)cc3)c2F)c(OC)c1. The molecule has 0 amide bonds. The lowest BCUT2D eigenvalue weighted by atomic mass is 9.72. The van der Waals surface area contributed by atoms with Crippen LogP contribution in [0.3, 0.4) is 0 Å². The topological polar surface area (TPSA) is 81.7 Å². The minimum atomic E-state index is -4.32. The van der Waals surface area contributed by atoms with Crippen molar-refractivity contribution in [1.82, 2.24) is 0 Å². The van der Waals surface area contributed by atoms with Gasteiger partial charge < -0.3 is 9.47 Å². The standard InChI is InChI=1S/C31H34FNO5S/c1-31(2,3)24-16-13-21(14-17-24)20-9-11-22(12-10-20)25-7-6-8-28(29(25)32)39(35,36)33-26-18-15-23(30(34)38-5)19-27(26)37-4/h6-13,15,18-19,24,33H,14,16-17H2,1-5H3. The van der Waals surface area contributed by atoms with E-state index in [1.807, 2.05) is 24.3 Å². The molecule has 0 fully saturated rings. The fourth-order valence-electron chi connectivity index (χ4n) is 4.91. The molecule has 0 saturated carbocycles. The number of carbonyl (C=O) groups excluding carboxylic acids is 1. The predicted octanol–water partition coefficient (Wildman–Crippen LogP) is 7.32. The van der Waals surface area contributed by atoms with Crippen LogP contribution in [-0.4, -0.2) is 28.6 Å². The van der Waals surface area contributed by atoms with Gasteiger partial charge in [0.25, 0.3) is 10.0 Å². The highest BCUT2D eigenvalue weighted by molar-refractivity contribution is 7.92. The van der Waals surface area contributed by atoms with E-state index in [9.17, 15) is 13.2 Å². The number of anilines is 1. The Bertz CT molecular complexity index is 1500. The minimum Gasteiger partial charge on any atom is -0.495 e. The number of ether oxygens (including phenoxy) is 2. The van der Waals surface area contributed by atoms with E-state index in [0.717, 1.165) is 24.8 Å². The molecule has 3 aromatic rings. The van der Waals surface area contributed by atoms with E-state index in [0.29, 0.717) is 11.5 Å². The number of hydrogen-bond donors (Lipinski definition) is 1. The number of halogens is 1. The van der Waals surface area contributed by atoms with Crippen LogP contribution in [0.25, 0.3) is 16.7 Å². The first-order valence-corrected chi connectivity index (χ1v) is 14.3. The summed E-state index contributed by atoms with van der Waals surface area (Å²) in [6.45, 7) is 6.84. The molecule has 0 aromatic heterocycles. The lowest BCUT2D eigenvalue weighted by Gasteiger charge is -2.33. The number of methoxy groups -OCH3 is 2. The number of allylic oxidation sites excluding steroid dienone is 2. The third-order valence-electron chi connectivity index (χ3n) is 7.32. The summed E-state index contributed by atoms with van der Waals surface area (Å²) < 4.78 is 54.3. The maximum atomic E-state index is 15.6. The molecule has 206 valence electrons. The summed E-state index contributed by atoms with van der Waals surface area (Å²) in [5.41, 5.74) is 3.68. The lowest BCUT2D eigenvalue weighted by Crippen LogP contribution is -2.21. The van der Waals surface area contributed by atoms with Gasteiger partial charge in [-0.1, -0.05) is 63.2 Å². The van der Waals surface area contributed by atoms with Crippen molar-refractivity contribution in [1.29, 1.82) is 0 Å². The first kappa shape index (κ1) is 28.4. The molecule has 3 aromatic carbocycles. The van der Waals surface area contributed by atoms with Crippen LogP contribution in [0.1, 0.15) is 56.0 Å². The Labute approximate surface area is 229 Å². The molecule has 0 heterocycles. The van der Waals surface area contributed by atoms with Crippen molar-refractivity contribution in [3.05, 3.63) is 83.7 Å². The van der Waals surface area contributed by atoms with Crippen LogP contribution in [0, 0.1) is 17.2 Å². The first-order valence-electron chi connectivity index (χ1n) is 12.8. The smallest absolute Gasteiger partial charge is 0.337 e. The van der Waals surface area contributed by atoms with Crippen LogP contribution in [0.5, 0.6) is 5.75 Å². The van der Waals surface area contributed by atoms with Crippen LogP contribution in [0.2, 0.25) is 0 Å². The number of esters is 1. The average Bonchev–Trinajstić information content (AvgIpc) is 2.92. The molecule has 6 nitrogen and oxygen atoms in total. The number of sulfonamides is 1. The molecule has 1 N–H and O–H groups in total. The minimum absolute atomic E-state index is 0.0637. The largest absolute Gasteiger partial charge is 0.495 e. The first-order chi connectivity index (χ1) is 18.4. The molecule has 1 aliphatic rings. The van der Waals surface area contributed by atoms with Crippen molar-refractivity contribution in [2.75, 3.05) is 18.9 Å². The number of hydrogen-bond acceptors (Lipinski definition) is 5. The highest BCUT2D eigenvalue weighted by Gasteiger charge is 2.27. The molecule has 0 saturated heterocycles. The second-order valence-corrected chi connectivity index (χ2v) is 12.4.